The first-order valence-corrected chi connectivity index (χ1v) is 43.5. The molecule has 0 atom stereocenters. The van der Waals surface area contributed by atoms with Gasteiger partial charge in [-0.05, 0) is 197 Å². The normalized spacial score (nSPS) is 12.2. The molecule has 9 nitrogen and oxygen atoms in total. The SMILES string of the molecule is CC(=O)C=C(C)O.CC(C)(C)C(=O)C=C(O)C(C)(C)C.CC(C)CC(=O)C=C(O)CC(C)C.Cc1[c-]c(-c2cc(CC(C)C)c3cc(-c4ccc(C)cc4)ccc3n2)cc(C)c1.Cc1[c-]c(-c2cc(CC(C)C)c3cc(-c4ccccc4C)ccc3n2)cc(C)c1.Cc1[c-]c(-c2cc(CC(C)C)c3cc4c(cc3n2)C(C)(C)c2ccccc2-4)cc(C)c1.[Ir].[Ir].[Ir]. The molecule has 9 aromatic carbocycles. The number of hydrogen-bond donors (Lipinski definition) is 3. The first kappa shape index (κ1) is 106. The van der Waals surface area contributed by atoms with E-state index in [9.17, 15) is 24.6 Å². The zero-order valence-electron chi connectivity index (χ0n) is 79.3. The number of aliphatic hydroxyl groups is 3. The molecule has 12 heteroatoms. The fourth-order valence-corrected chi connectivity index (χ4v) is 15.4. The van der Waals surface area contributed by atoms with E-state index < -0.39 is 5.41 Å². The number of allylic oxidation sites excluding steroid dienone is 6. The van der Waals surface area contributed by atoms with E-state index in [0.29, 0.717) is 42.4 Å². The molecule has 3 radical (unpaired) electrons. The fraction of sp³-hybridized carbons (Fsp3) is 0.363. The van der Waals surface area contributed by atoms with Crippen LogP contribution in [0.1, 0.15) is 224 Å². The van der Waals surface area contributed by atoms with Gasteiger partial charge in [-0.3, -0.25) is 29.3 Å². The monoisotopic (exact) mass is 2210 g/mol. The molecule has 12 aromatic rings. The van der Waals surface area contributed by atoms with Gasteiger partial charge in [-0.25, -0.2) is 0 Å². The molecule has 0 fully saturated rings. The number of ketones is 3. The second-order valence-corrected chi connectivity index (χ2v) is 38.4. The van der Waals surface area contributed by atoms with E-state index in [1.54, 1.807) is 0 Å². The van der Waals surface area contributed by atoms with E-state index in [1.807, 2.05) is 69.2 Å². The minimum atomic E-state index is -0.417. The molecule has 0 saturated carbocycles. The van der Waals surface area contributed by atoms with Crippen LogP contribution in [0.2, 0.25) is 0 Å². The van der Waals surface area contributed by atoms with Crippen molar-refractivity contribution in [2.24, 2.45) is 40.4 Å². The smallest absolute Gasteiger partial charge is 0.164 e. The molecule has 13 rings (SSSR count). The van der Waals surface area contributed by atoms with Crippen molar-refractivity contribution in [3.05, 3.63) is 302 Å². The fourth-order valence-electron chi connectivity index (χ4n) is 15.4. The van der Waals surface area contributed by atoms with Gasteiger partial charge in [0.15, 0.2) is 17.3 Å². The van der Waals surface area contributed by atoms with Crippen molar-refractivity contribution in [2.75, 3.05) is 0 Å². The second-order valence-electron chi connectivity index (χ2n) is 38.4. The number of aromatic nitrogens is 3. The Kier molecular flexibility index (Phi) is 40.0. The number of pyridine rings is 3. The quantitative estimate of drug-likeness (QED) is 0.0433. The van der Waals surface area contributed by atoms with Crippen LogP contribution in [0.3, 0.4) is 0 Å². The van der Waals surface area contributed by atoms with Crippen LogP contribution in [-0.2, 0) is 99.4 Å². The number of aryl methyl sites for hydroxylation is 8. The van der Waals surface area contributed by atoms with Crippen molar-refractivity contribution in [3.8, 4) is 67.2 Å². The van der Waals surface area contributed by atoms with Crippen LogP contribution in [-0.4, -0.2) is 47.6 Å². The van der Waals surface area contributed by atoms with Gasteiger partial charge in [0.25, 0.3) is 0 Å². The number of hydrogen-bond acceptors (Lipinski definition) is 9. The van der Waals surface area contributed by atoms with Crippen molar-refractivity contribution in [3.63, 3.8) is 0 Å². The van der Waals surface area contributed by atoms with Gasteiger partial charge in [-0.2, -0.15) is 0 Å². The molecule has 0 amide bonds. The van der Waals surface area contributed by atoms with Crippen LogP contribution < -0.4 is 0 Å². The number of carbonyl (C=O) groups is 3. The van der Waals surface area contributed by atoms with E-state index in [1.165, 1.54) is 137 Å². The van der Waals surface area contributed by atoms with Gasteiger partial charge in [0, 0.05) is 124 Å². The van der Waals surface area contributed by atoms with Crippen molar-refractivity contribution in [1.29, 1.82) is 0 Å². The first-order chi connectivity index (χ1) is 57.1. The van der Waals surface area contributed by atoms with Crippen LogP contribution in [0.5, 0.6) is 0 Å². The average Bonchev–Trinajstić information content (AvgIpc) is 1.57. The summed E-state index contributed by atoms with van der Waals surface area (Å²) in [5.74, 6) is 2.77. The van der Waals surface area contributed by atoms with Crippen LogP contribution in [0, 0.1) is 114 Å². The summed E-state index contributed by atoms with van der Waals surface area (Å²) in [7, 11) is 0. The summed E-state index contributed by atoms with van der Waals surface area (Å²) in [5, 5.41) is 31.1. The van der Waals surface area contributed by atoms with Crippen molar-refractivity contribution >= 4 is 50.1 Å². The Morgan fingerprint density at radius 3 is 1.18 bits per heavy atom. The van der Waals surface area contributed by atoms with Crippen LogP contribution in [0.25, 0.3) is 99.9 Å². The van der Waals surface area contributed by atoms with E-state index in [0.717, 1.165) is 86.3 Å². The van der Waals surface area contributed by atoms with E-state index in [4.69, 9.17) is 20.1 Å². The Balaban J connectivity index is 0.000000280. The predicted octanol–water partition coefficient (Wildman–Crippen LogP) is 30.0. The number of carbonyl (C=O) groups excluding carboxylic acids is 3. The molecule has 1 aliphatic rings. The summed E-state index contributed by atoms with van der Waals surface area (Å²) < 4.78 is 0. The van der Waals surface area contributed by atoms with Crippen LogP contribution >= 0.6 is 0 Å². The third-order valence-corrected chi connectivity index (χ3v) is 21.1. The van der Waals surface area contributed by atoms with E-state index >= 15 is 0 Å². The van der Waals surface area contributed by atoms with Gasteiger partial charge >= 0.3 is 0 Å². The molecule has 3 aromatic heterocycles. The summed E-state index contributed by atoms with van der Waals surface area (Å²) in [6.07, 6.45) is 8.08. The van der Waals surface area contributed by atoms with Crippen molar-refractivity contribution in [1.82, 2.24) is 15.0 Å². The van der Waals surface area contributed by atoms with Gasteiger partial charge in [0.05, 0.1) is 28.1 Å². The van der Waals surface area contributed by atoms with Crippen molar-refractivity contribution < 1.29 is 90.0 Å². The summed E-state index contributed by atoms with van der Waals surface area (Å²) >= 11 is 0. The van der Waals surface area contributed by atoms with Gasteiger partial charge in [0.1, 0.15) is 5.76 Å². The number of aliphatic hydroxyl groups excluding tert-OH is 3. The maximum absolute atomic E-state index is 11.5. The Morgan fingerprint density at radius 2 is 0.792 bits per heavy atom. The molecular formula is C113H134Ir3N3O6-3. The third-order valence-electron chi connectivity index (χ3n) is 21.1. The predicted molar refractivity (Wildman–Crippen MR) is 516 cm³/mol. The molecular weight excluding hydrogens is 2070 g/mol. The summed E-state index contributed by atoms with van der Waals surface area (Å²) in [6, 6.07) is 74.7. The molecule has 0 spiro atoms. The Morgan fingerprint density at radius 1 is 0.392 bits per heavy atom. The van der Waals surface area contributed by atoms with Crippen LogP contribution in [0.4, 0.5) is 0 Å². The van der Waals surface area contributed by atoms with Gasteiger partial charge < -0.3 is 15.3 Å². The molecule has 0 saturated heterocycles. The molecule has 0 aliphatic heterocycles. The van der Waals surface area contributed by atoms with Gasteiger partial charge in [-0.15, -0.1) is 105 Å². The standard InChI is InChI=1S/C30H30N.2C28H28N.2C11H20O2.C5H8O2.3Ir/c1-18(2)11-21-15-28(22-13-19(3)12-20(4)14-22)31-29-17-27-25(16-24(21)29)23-9-7-8-10-26(23)30(27,5)6;1-18(2)12-24-17-28(25-14-20(4)13-21(5)15-25)29-27-11-10-23(16-26(24)27)22-8-6-19(3)7-9-22;1-18(2)12-23-17-28(24-14-19(3)13-20(4)15-24)29-27-11-10-22(16-26(23)27)25-9-7-6-8-21(25)5;1-10(2,3)8(12)7-9(13)11(4,5)6;1-8(2)5-10(12)7-11(13)6-9(3)4;1-4(6)3-5(2)7;;;/h7-10,12-13,15-18H,11H2,1-6H3;2*6-11,13-14,16-18H,12H2,1-5H3;7,12H,1-6H3;7-9,12H,5-6H2,1-4H3;3,6H,1-2H3;;;/q3*-1;;;;;;. The zero-order valence-corrected chi connectivity index (χ0v) is 86.5. The second kappa shape index (κ2) is 47.0. The van der Waals surface area contributed by atoms with Crippen molar-refractivity contribution in [2.45, 2.75) is 231 Å². The van der Waals surface area contributed by atoms with Crippen LogP contribution in [0.15, 0.2) is 211 Å². The molecule has 1 aliphatic carbocycles. The molecule has 125 heavy (non-hydrogen) atoms. The Hall–Kier alpha value is -9.21. The number of fused-ring (bicyclic) bond motifs is 6. The minimum Gasteiger partial charge on any atom is -0.512 e. The Labute approximate surface area is 789 Å². The first-order valence-electron chi connectivity index (χ1n) is 43.5. The average molecular weight is 2210 g/mol. The maximum atomic E-state index is 11.5. The summed E-state index contributed by atoms with van der Waals surface area (Å²) in [5.41, 5.74) is 33.2. The topological polar surface area (TPSA) is 151 Å². The molecule has 667 valence electrons. The molecule has 0 bridgehead atoms. The number of benzene rings is 9. The van der Waals surface area contributed by atoms with Gasteiger partial charge in [-0.1, -0.05) is 275 Å². The number of nitrogens with zero attached hydrogens (tertiary/aromatic N) is 3. The summed E-state index contributed by atoms with van der Waals surface area (Å²) in [4.78, 5) is 47.9. The largest absolute Gasteiger partial charge is 0.512 e. The molecule has 0 unspecified atom stereocenters. The Bertz CT molecular complexity index is 5760. The maximum Gasteiger partial charge on any atom is 0.164 e. The molecule has 3 heterocycles. The summed E-state index contributed by atoms with van der Waals surface area (Å²) in [6.45, 7) is 57.3. The van der Waals surface area contributed by atoms with E-state index in [2.05, 4.69) is 305 Å². The minimum absolute atomic E-state index is 0. The van der Waals surface area contributed by atoms with Gasteiger partial charge in [0.2, 0.25) is 0 Å². The third kappa shape index (κ3) is 31.1. The van der Waals surface area contributed by atoms with E-state index in [-0.39, 0.29) is 106 Å². The number of rotatable bonds is 18. The molecule has 3 N–H and O–H groups in total. The zero-order chi connectivity index (χ0) is 90.2.